The number of nitrogens with zero attached hydrogens (tertiary/aromatic N) is 2. The smallest absolute Gasteiger partial charge is 0.162 e. The maximum absolute atomic E-state index is 4.82. The molecule has 1 aliphatic carbocycles. The molecule has 108 valence electrons. The molecule has 2 heterocycles. The average molecular weight is 287 g/mol. The number of nitrogens with one attached hydrogen (secondary N) is 1. The third-order valence-corrected chi connectivity index (χ3v) is 4.23. The van der Waals surface area contributed by atoms with E-state index in [4.69, 9.17) is 4.99 Å². The van der Waals surface area contributed by atoms with Gasteiger partial charge in [-0.05, 0) is 25.0 Å². The molecule has 0 saturated carbocycles. The number of aliphatic imine (C=N–C) groups is 2. The first-order valence-electron chi connectivity index (χ1n) is 7.51. The zero-order valence-corrected chi connectivity index (χ0v) is 12.7. The molecule has 3 heteroatoms. The lowest BCUT2D eigenvalue weighted by Gasteiger charge is -2.20. The largest absolute Gasteiger partial charge is 0.343 e. The highest BCUT2D eigenvalue weighted by atomic mass is 15.1. The third kappa shape index (κ3) is 2.06. The van der Waals surface area contributed by atoms with Crippen LogP contribution in [0.1, 0.15) is 31.4 Å². The molecule has 3 nitrogen and oxygen atoms in total. The van der Waals surface area contributed by atoms with Gasteiger partial charge in [0.05, 0.1) is 0 Å². The molecule has 2 bridgehead atoms. The van der Waals surface area contributed by atoms with Crippen molar-refractivity contribution in [3.8, 4) is 0 Å². The maximum atomic E-state index is 4.82. The molecule has 0 spiro atoms. The second-order valence-corrected chi connectivity index (χ2v) is 5.72. The van der Waals surface area contributed by atoms with E-state index in [0.29, 0.717) is 0 Å². The van der Waals surface area contributed by atoms with Gasteiger partial charge in [0.2, 0.25) is 0 Å². The number of rotatable bonds is 1. The predicted molar refractivity (Wildman–Crippen MR) is 90.9 cm³/mol. The van der Waals surface area contributed by atoms with E-state index in [9.17, 15) is 0 Å². The molecule has 2 aliphatic heterocycles. The summed E-state index contributed by atoms with van der Waals surface area (Å²) in [6, 6.07) is 8.26. The van der Waals surface area contributed by atoms with Crippen LogP contribution in [0.4, 0.5) is 0 Å². The molecule has 0 fully saturated rings. The van der Waals surface area contributed by atoms with Gasteiger partial charge in [-0.1, -0.05) is 48.6 Å². The number of dihydropyridines is 1. The Morgan fingerprint density at radius 1 is 1.00 bits per heavy atom. The van der Waals surface area contributed by atoms with Gasteiger partial charge in [0.1, 0.15) is 5.82 Å². The first-order chi connectivity index (χ1) is 10.7. The van der Waals surface area contributed by atoms with Gasteiger partial charge in [-0.3, -0.25) is 0 Å². The first-order valence-corrected chi connectivity index (χ1v) is 7.51. The van der Waals surface area contributed by atoms with Gasteiger partial charge in [0.25, 0.3) is 0 Å². The maximum Gasteiger partial charge on any atom is 0.162 e. The van der Waals surface area contributed by atoms with Gasteiger partial charge in [-0.15, -0.1) is 0 Å². The normalized spacial score (nSPS) is 21.0. The second-order valence-electron chi connectivity index (χ2n) is 5.72. The standard InChI is InChI=1S/C19H17N3/c1-12-14-7-3-4-8-15(11-14)18(20-12)22-19-17-10-6-5-9-16(17)13(2)21-19/h3-10,20H,11H2,1-2H3/b22-19-. The number of benzene rings is 1. The van der Waals surface area contributed by atoms with Gasteiger partial charge in [0.15, 0.2) is 5.84 Å². The fraction of sp³-hybridized carbons (Fsp3) is 0.158. The summed E-state index contributed by atoms with van der Waals surface area (Å²) in [7, 11) is 0. The topological polar surface area (TPSA) is 36.8 Å². The lowest BCUT2D eigenvalue weighted by Crippen LogP contribution is -2.18. The lowest BCUT2D eigenvalue weighted by atomic mass is 10.0. The second kappa shape index (κ2) is 4.95. The summed E-state index contributed by atoms with van der Waals surface area (Å²) in [5, 5.41) is 3.43. The van der Waals surface area contributed by atoms with Gasteiger partial charge in [-0.2, -0.15) is 0 Å². The molecule has 0 amide bonds. The summed E-state index contributed by atoms with van der Waals surface area (Å²) in [6.45, 7) is 4.13. The Hall–Kier alpha value is -2.68. The minimum absolute atomic E-state index is 0.796. The predicted octanol–water partition coefficient (Wildman–Crippen LogP) is 3.86. The van der Waals surface area contributed by atoms with Crippen molar-refractivity contribution in [1.82, 2.24) is 5.32 Å². The number of hydrogen-bond donors (Lipinski definition) is 1. The van der Waals surface area contributed by atoms with Crippen LogP contribution in [-0.4, -0.2) is 11.5 Å². The molecule has 3 aliphatic rings. The molecule has 0 atom stereocenters. The SMILES string of the molecule is CC1=N/C(=N\C2=C3C=CC=CC(=C(C)N2)C3)c2ccccc21. The Kier molecular flexibility index (Phi) is 2.93. The molecular weight excluding hydrogens is 270 g/mol. The van der Waals surface area contributed by atoms with E-state index in [1.807, 2.05) is 19.1 Å². The monoisotopic (exact) mass is 287 g/mol. The highest BCUT2D eigenvalue weighted by Gasteiger charge is 2.21. The molecule has 0 aromatic heterocycles. The van der Waals surface area contributed by atoms with E-state index >= 15 is 0 Å². The van der Waals surface area contributed by atoms with E-state index in [0.717, 1.165) is 35.0 Å². The molecule has 1 aromatic carbocycles. The molecule has 1 aromatic rings. The van der Waals surface area contributed by atoms with E-state index in [1.54, 1.807) is 0 Å². The van der Waals surface area contributed by atoms with Crippen LogP contribution in [0.5, 0.6) is 0 Å². The van der Waals surface area contributed by atoms with Crippen molar-refractivity contribution in [2.24, 2.45) is 9.98 Å². The van der Waals surface area contributed by atoms with Crippen LogP contribution in [0.25, 0.3) is 0 Å². The summed E-state index contributed by atoms with van der Waals surface area (Å²) in [4.78, 5) is 9.47. The minimum atomic E-state index is 0.796. The zero-order chi connectivity index (χ0) is 15.1. The van der Waals surface area contributed by atoms with E-state index in [-0.39, 0.29) is 0 Å². The molecule has 1 N–H and O–H groups in total. The minimum Gasteiger partial charge on any atom is -0.343 e. The van der Waals surface area contributed by atoms with Gasteiger partial charge < -0.3 is 5.32 Å². The fourth-order valence-corrected chi connectivity index (χ4v) is 2.99. The van der Waals surface area contributed by atoms with Crippen molar-refractivity contribution in [3.05, 3.63) is 82.4 Å². The number of hydrogen-bond acceptors (Lipinski definition) is 2. The first kappa shape index (κ1) is 13.0. The highest BCUT2D eigenvalue weighted by molar-refractivity contribution is 6.22. The van der Waals surface area contributed by atoms with Crippen molar-refractivity contribution < 1.29 is 0 Å². The van der Waals surface area contributed by atoms with E-state index < -0.39 is 0 Å². The lowest BCUT2D eigenvalue weighted by molar-refractivity contribution is 0.857. The fourth-order valence-electron chi connectivity index (χ4n) is 2.99. The third-order valence-electron chi connectivity index (χ3n) is 4.23. The van der Waals surface area contributed by atoms with Crippen molar-refractivity contribution in [1.29, 1.82) is 0 Å². The number of allylic oxidation sites excluding steroid dienone is 7. The van der Waals surface area contributed by atoms with E-state index in [2.05, 4.69) is 53.7 Å². The summed E-state index contributed by atoms with van der Waals surface area (Å²) in [6.07, 6.45) is 9.35. The molecule has 0 unspecified atom stereocenters. The molecule has 0 radical (unpaired) electrons. The van der Waals surface area contributed by atoms with Gasteiger partial charge in [-0.25, -0.2) is 9.98 Å². The van der Waals surface area contributed by atoms with Crippen LogP contribution >= 0.6 is 0 Å². The van der Waals surface area contributed by atoms with Crippen LogP contribution in [0.2, 0.25) is 0 Å². The Morgan fingerprint density at radius 2 is 1.73 bits per heavy atom. The van der Waals surface area contributed by atoms with Crippen molar-refractivity contribution in [3.63, 3.8) is 0 Å². The quantitative estimate of drug-likeness (QED) is 0.836. The van der Waals surface area contributed by atoms with Gasteiger partial charge in [0, 0.05) is 29.0 Å². The van der Waals surface area contributed by atoms with Crippen molar-refractivity contribution in [2.45, 2.75) is 20.3 Å². The summed E-state index contributed by atoms with van der Waals surface area (Å²) >= 11 is 0. The van der Waals surface area contributed by atoms with E-state index in [1.165, 1.54) is 16.7 Å². The molecule has 22 heavy (non-hydrogen) atoms. The zero-order valence-electron chi connectivity index (χ0n) is 12.7. The van der Waals surface area contributed by atoms with Crippen molar-refractivity contribution >= 4 is 11.5 Å². The van der Waals surface area contributed by atoms with Crippen LogP contribution < -0.4 is 5.32 Å². The number of amidine groups is 1. The Morgan fingerprint density at radius 3 is 2.55 bits per heavy atom. The Labute approximate surface area is 130 Å². The summed E-state index contributed by atoms with van der Waals surface area (Å²) in [5.74, 6) is 1.70. The average Bonchev–Trinajstić information content (AvgIpc) is 2.72. The van der Waals surface area contributed by atoms with Crippen LogP contribution in [-0.2, 0) is 0 Å². The van der Waals surface area contributed by atoms with Crippen LogP contribution in [0, 0.1) is 0 Å². The van der Waals surface area contributed by atoms with Crippen molar-refractivity contribution in [2.75, 3.05) is 0 Å². The van der Waals surface area contributed by atoms with Gasteiger partial charge >= 0.3 is 0 Å². The number of fused-ring (bicyclic) bond motifs is 3. The molecule has 0 saturated heterocycles. The highest BCUT2D eigenvalue weighted by Crippen LogP contribution is 2.28. The summed E-state index contributed by atoms with van der Waals surface area (Å²) < 4.78 is 0. The Bertz CT molecular complexity index is 845. The Balaban J connectivity index is 1.80. The van der Waals surface area contributed by atoms with Crippen LogP contribution in [0.15, 0.2) is 81.2 Å². The molecular formula is C19H17N3. The summed E-state index contributed by atoms with van der Waals surface area (Å²) in [5.41, 5.74) is 6.99. The molecule has 4 rings (SSSR count). The van der Waals surface area contributed by atoms with Crippen LogP contribution in [0.3, 0.4) is 0 Å².